The van der Waals surface area contributed by atoms with Crippen LogP contribution in [0.4, 0.5) is 0 Å². The molecule has 0 saturated carbocycles. The van der Waals surface area contributed by atoms with Gasteiger partial charge in [0.15, 0.2) is 0 Å². The highest BCUT2D eigenvalue weighted by molar-refractivity contribution is 5.31. The van der Waals surface area contributed by atoms with Gasteiger partial charge in [0, 0.05) is 20.0 Å². The van der Waals surface area contributed by atoms with Crippen LogP contribution in [-0.4, -0.2) is 14.2 Å². The molecule has 1 aromatic heterocycles. The van der Waals surface area contributed by atoms with E-state index in [0.29, 0.717) is 5.69 Å². The molecule has 0 aliphatic heterocycles. The van der Waals surface area contributed by atoms with Gasteiger partial charge in [-0.3, -0.25) is 13.9 Å². The molecule has 0 bridgehead atoms. The SMILES string of the molecule is Cn1c(C2C=CCC2)c(O)c(=O)n(C)c1=O. The highest BCUT2D eigenvalue weighted by atomic mass is 16.3. The van der Waals surface area contributed by atoms with Gasteiger partial charge in [0.05, 0.1) is 5.69 Å². The minimum absolute atomic E-state index is 0.0356. The molecule has 1 unspecified atom stereocenters. The zero-order valence-electron chi connectivity index (χ0n) is 9.30. The van der Waals surface area contributed by atoms with Gasteiger partial charge in [-0.25, -0.2) is 4.79 Å². The minimum atomic E-state index is -0.626. The molecule has 1 aromatic rings. The normalized spacial score (nSPS) is 19.2. The maximum atomic E-state index is 11.7. The number of allylic oxidation sites excluding steroid dienone is 2. The fourth-order valence-corrected chi connectivity index (χ4v) is 2.13. The molecule has 1 N–H and O–H groups in total. The number of nitrogens with zero attached hydrogens (tertiary/aromatic N) is 2. The Labute approximate surface area is 92.3 Å². The molecule has 0 spiro atoms. The van der Waals surface area contributed by atoms with Gasteiger partial charge in [0.1, 0.15) is 0 Å². The van der Waals surface area contributed by atoms with Crippen LogP contribution in [0, 0.1) is 0 Å². The fourth-order valence-electron chi connectivity index (χ4n) is 2.13. The van der Waals surface area contributed by atoms with Crippen LogP contribution in [0.1, 0.15) is 24.5 Å². The Kier molecular flexibility index (Phi) is 2.46. The molecule has 2 rings (SSSR count). The molecule has 0 radical (unpaired) electrons. The second-order valence-corrected chi connectivity index (χ2v) is 4.05. The molecule has 1 heterocycles. The smallest absolute Gasteiger partial charge is 0.330 e. The Balaban J connectivity index is 2.75. The van der Waals surface area contributed by atoms with E-state index in [-0.39, 0.29) is 11.7 Å². The van der Waals surface area contributed by atoms with Crippen molar-refractivity contribution in [2.45, 2.75) is 18.8 Å². The van der Waals surface area contributed by atoms with Crippen molar-refractivity contribution in [2.24, 2.45) is 14.1 Å². The van der Waals surface area contributed by atoms with Crippen molar-refractivity contribution in [3.05, 3.63) is 38.7 Å². The van der Waals surface area contributed by atoms with Crippen molar-refractivity contribution in [1.82, 2.24) is 9.13 Å². The largest absolute Gasteiger partial charge is 0.502 e. The summed E-state index contributed by atoms with van der Waals surface area (Å²) in [6, 6.07) is 0. The monoisotopic (exact) mass is 222 g/mol. The van der Waals surface area contributed by atoms with Crippen LogP contribution in [-0.2, 0) is 14.1 Å². The van der Waals surface area contributed by atoms with Crippen molar-refractivity contribution >= 4 is 0 Å². The number of rotatable bonds is 1. The van der Waals surface area contributed by atoms with E-state index in [0.717, 1.165) is 17.4 Å². The first-order chi connectivity index (χ1) is 7.54. The molecule has 0 saturated heterocycles. The number of aromatic nitrogens is 2. The molecule has 0 fully saturated rings. The van der Waals surface area contributed by atoms with Gasteiger partial charge in [0.25, 0.3) is 5.56 Å². The van der Waals surface area contributed by atoms with Crippen molar-refractivity contribution < 1.29 is 5.11 Å². The Hall–Kier alpha value is -1.78. The number of hydrogen-bond acceptors (Lipinski definition) is 3. The van der Waals surface area contributed by atoms with Gasteiger partial charge < -0.3 is 5.11 Å². The second kappa shape index (κ2) is 3.66. The average Bonchev–Trinajstić information content (AvgIpc) is 2.77. The lowest BCUT2D eigenvalue weighted by Gasteiger charge is -2.15. The number of aromatic hydroxyl groups is 1. The third-order valence-corrected chi connectivity index (χ3v) is 3.05. The fraction of sp³-hybridized carbons (Fsp3) is 0.455. The number of hydrogen-bond donors (Lipinski definition) is 1. The molecular formula is C11H14N2O3. The lowest BCUT2D eigenvalue weighted by molar-refractivity contribution is 0.428. The Morgan fingerprint density at radius 1 is 1.31 bits per heavy atom. The Morgan fingerprint density at radius 3 is 2.56 bits per heavy atom. The summed E-state index contributed by atoms with van der Waals surface area (Å²) in [7, 11) is 2.93. The summed E-state index contributed by atoms with van der Waals surface area (Å²) in [5, 5.41) is 9.82. The van der Waals surface area contributed by atoms with E-state index in [1.807, 2.05) is 12.2 Å². The van der Waals surface area contributed by atoms with E-state index >= 15 is 0 Å². The Morgan fingerprint density at radius 2 is 2.00 bits per heavy atom. The minimum Gasteiger partial charge on any atom is -0.502 e. The third kappa shape index (κ3) is 1.39. The van der Waals surface area contributed by atoms with Crippen molar-refractivity contribution in [1.29, 1.82) is 0 Å². The summed E-state index contributed by atoms with van der Waals surface area (Å²) < 4.78 is 2.26. The predicted molar refractivity (Wildman–Crippen MR) is 59.7 cm³/mol. The second-order valence-electron chi connectivity index (χ2n) is 4.05. The van der Waals surface area contributed by atoms with E-state index in [1.54, 1.807) is 7.05 Å². The quantitative estimate of drug-likeness (QED) is 0.691. The highest BCUT2D eigenvalue weighted by Crippen LogP contribution is 2.30. The molecule has 0 amide bonds. The summed E-state index contributed by atoms with van der Waals surface area (Å²) in [6.07, 6.45) is 5.65. The first-order valence-corrected chi connectivity index (χ1v) is 5.19. The van der Waals surface area contributed by atoms with Crippen LogP contribution in [0.2, 0.25) is 0 Å². The molecule has 1 aliphatic carbocycles. The van der Waals surface area contributed by atoms with Crippen molar-refractivity contribution in [2.75, 3.05) is 0 Å². The van der Waals surface area contributed by atoms with Crippen LogP contribution in [0.15, 0.2) is 21.7 Å². The molecular weight excluding hydrogens is 208 g/mol. The van der Waals surface area contributed by atoms with Gasteiger partial charge in [-0.05, 0) is 12.8 Å². The van der Waals surface area contributed by atoms with Gasteiger partial charge in [-0.15, -0.1) is 0 Å². The van der Waals surface area contributed by atoms with E-state index in [1.165, 1.54) is 11.6 Å². The van der Waals surface area contributed by atoms with Gasteiger partial charge >= 0.3 is 5.69 Å². The molecule has 5 heteroatoms. The summed E-state index contributed by atoms with van der Waals surface area (Å²) in [4.78, 5) is 23.3. The molecule has 1 aliphatic rings. The summed E-state index contributed by atoms with van der Waals surface area (Å²) >= 11 is 0. The highest BCUT2D eigenvalue weighted by Gasteiger charge is 2.22. The zero-order chi connectivity index (χ0) is 11.9. The maximum Gasteiger partial charge on any atom is 0.330 e. The van der Waals surface area contributed by atoms with E-state index < -0.39 is 11.2 Å². The van der Waals surface area contributed by atoms with Crippen molar-refractivity contribution in [3.63, 3.8) is 0 Å². The lowest BCUT2D eigenvalue weighted by Crippen LogP contribution is -2.38. The molecule has 0 aromatic carbocycles. The average molecular weight is 222 g/mol. The van der Waals surface area contributed by atoms with Gasteiger partial charge in [-0.2, -0.15) is 0 Å². The lowest BCUT2D eigenvalue weighted by atomic mass is 10.0. The summed E-state index contributed by atoms with van der Waals surface area (Å²) in [5.41, 5.74) is -0.613. The van der Waals surface area contributed by atoms with Gasteiger partial charge in [-0.1, -0.05) is 12.2 Å². The molecule has 5 nitrogen and oxygen atoms in total. The van der Waals surface area contributed by atoms with Crippen LogP contribution >= 0.6 is 0 Å². The van der Waals surface area contributed by atoms with Gasteiger partial charge in [0.2, 0.25) is 5.75 Å². The van der Waals surface area contributed by atoms with E-state index in [2.05, 4.69) is 0 Å². The first-order valence-electron chi connectivity index (χ1n) is 5.19. The molecule has 1 atom stereocenters. The van der Waals surface area contributed by atoms with Crippen LogP contribution in [0.5, 0.6) is 5.75 Å². The third-order valence-electron chi connectivity index (χ3n) is 3.05. The predicted octanol–water partition coefficient (Wildman–Crippen LogP) is 0.223. The topological polar surface area (TPSA) is 64.2 Å². The standard InChI is InChI=1S/C11H14N2O3/c1-12-8(7-5-3-4-6-7)9(14)10(15)13(2)11(12)16/h3,5,7,14H,4,6H2,1-2H3. The molecule has 86 valence electrons. The van der Waals surface area contributed by atoms with Crippen molar-refractivity contribution in [3.8, 4) is 5.75 Å². The Bertz CT molecular complexity index is 529. The summed E-state index contributed by atoms with van der Waals surface area (Å²) in [6.45, 7) is 0. The maximum absolute atomic E-state index is 11.7. The summed E-state index contributed by atoms with van der Waals surface area (Å²) in [5.74, 6) is -0.354. The molecule has 16 heavy (non-hydrogen) atoms. The first kappa shape index (κ1) is 10.7. The zero-order valence-corrected chi connectivity index (χ0v) is 9.30. The van der Waals surface area contributed by atoms with E-state index in [4.69, 9.17) is 0 Å². The van der Waals surface area contributed by atoms with Crippen LogP contribution < -0.4 is 11.2 Å². The van der Waals surface area contributed by atoms with Crippen LogP contribution in [0.25, 0.3) is 0 Å². The van der Waals surface area contributed by atoms with E-state index in [9.17, 15) is 14.7 Å². The van der Waals surface area contributed by atoms with Crippen LogP contribution in [0.3, 0.4) is 0 Å².